The average Bonchev–Trinajstić information content (AvgIpc) is 2.90. The fourth-order valence-electron chi connectivity index (χ4n) is 3.95. The predicted molar refractivity (Wildman–Crippen MR) is 129 cm³/mol. The molecule has 1 saturated heterocycles. The van der Waals surface area contributed by atoms with Crippen molar-refractivity contribution in [3.05, 3.63) is 86.7 Å². The van der Waals surface area contributed by atoms with Crippen molar-refractivity contribution in [1.29, 1.82) is 0 Å². The van der Waals surface area contributed by atoms with Crippen LogP contribution in [0.4, 0.5) is 44.7 Å². The summed E-state index contributed by atoms with van der Waals surface area (Å²) in [6.07, 6.45) is 0. The minimum atomic E-state index is -2.21. The zero-order chi connectivity index (χ0) is 27.6. The van der Waals surface area contributed by atoms with Crippen molar-refractivity contribution in [3.8, 4) is 5.75 Å². The van der Waals surface area contributed by atoms with Gasteiger partial charge in [-0.05, 0) is 24.3 Å². The third-order valence-electron chi connectivity index (χ3n) is 5.78. The highest BCUT2D eigenvalue weighted by atomic mass is 35.5. The van der Waals surface area contributed by atoms with E-state index in [1.54, 1.807) is 17.0 Å². The van der Waals surface area contributed by atoms with E-state index in [1.165, 1.54) is 30.3 Å². The van der Waals surface area contributed by atoms with Gasteiger partial charge in [-0.1, -0.05) is 23.7 Å². The molecule has 1 aliphatic heterocycles. The second-order valence-electron chi connectivity index (χ2n) is 8.12. The molecule has 8 nitrogen and oxygen atoms in total. The molecule has 38 heavy (non-hydrogen) atoms. The Labute approximate surface area is 217 Å². The zero-order valence-electron chi connectivity index (χ0n) is 19.3. The van der Waals surface area contributed by atoms with Gasteiger partial charge in [-0.3, -0.25) is 14.9 Å². The number of para-hydroxylation sites is 2. The van der Waals surface area contributed by atoms with Crippen LogP contribution in [0.15, 0.2) is 42.5 Å². The first kappa shape index (κ1) is 26.9. The molecule has 1 aliphatic rings. The van der Waals surface area contributed by atoms with Crippen molar-refractivity contribution in [2.24, 2.45) is 0 Å². The molecule has 0 saturated carbocycles. The van der Waals surface area contributed by atoms with Gasteiger partial charge in [0.1, 0.15) is 5.69 Å². The molecule has 200 valence electrons. The fourth-order valence-corrected chi connectivity index (χ4v) is 4.25. The Hall–Kier alpha value is -4.13. The Kier molecular flexibility index (Phi) is 7.86. The number of nitro benzene ring substituents is 1. The number of hydrogen-bond donors (Lipinski definition) is 1. The molecular weight excluding hydrogens is 539 g/mol. The van der Waals surface area contributed by atoms with Crippen LogP contribution in [0.3, 0.4) is 0 Å². The number of rotatable bonds is 7. The summed E-state index contributed by atoms with van der Waals surface area (Å²) in [4.78, 5) is 25.5. The van der Waals surface area contributed by atoms with E-state index in [2.05, 4.69) is 5.32 Å². The molecule has 14 heteroatoms. The monoisotopic (exact) mass is 556 g/mol. The van der Waals surface area contributed by atoms with Crippen molar-refractivity contribution in [2.45, 2.75) is 0 Å². The Bertz CT molecular complexity index is 1370. The van der Waals surface area contributed by atoms with E-state index in [9.17, 15) is 36.9 Å². The van der Waals surface area contributed by atoms with Gasteiger partial charge in [0.05, 0.1) is 15.6 Å². The summed E-state index contributed by atoms with van der Waals surface area (Å²) in [5, 5.41) is 13.8. The molecule has 4 rings (SSSR count). The Morgan fingerprint density at radius 3 is 2.11 bits per heavy atom. The first-order valence-corrected chi connectivity index (χ1v) is 11.4. The topological polar surface area (TPSA) is 87.9 Å². The van der Waals surface area contributed by atoms with Crippen molar-refractivity contribution in [2.75, 3.05) is 47.9 Å². The largest absolute Gasteiger partial charge is 0.477 e. The summed E-state index contributed by atoms with van der Waals surface area (Å²) in [5.74, 6) is -10.7. The third kappa shape index (κ3) is 5.42. The zero-order valence-corrected chi connectivity index (χ0v) is 20.1. The average molecular weight is 557 g/mol. The second-order valence-corrected chi connectivity index (χ2v) is 8.53. The normalized spacial score (nSPS) is 13.4. The van der Waals surface area contributed by atoms with E-state index >= 15 is 0 Å². The second kappa shape index (κ2) is 11.1. The molecule has 0 spiro atoms. The quantitative estimate of drug-likeness (QED) is 0.140. The van der Waals surface area contributed by atoms with E-state index in [0.29, 0.717) is 11.4 Å². The molecule has 1 heterocycles. The van der Waals surface area contributed by atoms with Gasteiger partial charge in [0, 0.05) is 37.9 Å². The lowest BCUT2D eigenvalue weighted by Gasteiger charge is -2.38. The first-order valence-electron chi connectivity index (χ1n) is 11.1. The summed E-state index contributed by atoms with van der Waals surface area (Å²) in [7, 11) is 0. The fraction of sp³-hybridized carbons (Fsp3) is 0.208. The van der Waals surface area contributed by atoms with Gasteiger partial charge in [0.15, 0.2) is 35.6 Å². The van der Waals surface area contributed by atoms with Crippen LogP contribution in [0.25, 0.3) is 0 Å². The van der Waals surface area contributed by atoms with Crippen LogP contribution in [-0.4, -0.2) is 43.6 Å². The maximum absolute atomic E-state index is 14.2. The van der Waals surface area contributed by atoms with Crippen LogP contribution < -0.4 is 19.9 Å². The molecule has 1 N–H and O–H groups in total. The Balaban J connectivity index is 1.38. The molecule has 0 radical (unpaired) electrons. The summed E-state index contributed by atoms with van der Waals surface area (Å²) in [5.41, 5.74) is -0.422. The predicted octanol–water partition coefficient (Wildman–Crippen LogP) is 5.29. The van der Waals surface area contributed by atoms with Crippen LogP contribution in [-0.2, 0) is 4.79 Å². The highest BCUT2D eigenvalue weighted by molar-refractivity contribution is 6.33. The van der Waals surface area contributed by atoms with Crippen molar-refractivity contribution >= 4 is 40.3 Å². The Morgan fingerprint density at radius 2 is 1.50 bits per heavy atom. The number of benzene rings is 3. The number of halogens is 6. The Morgan fingerprint density at radius 1 is 0.921 bits per heavy atom. The van der Waals surface area contributed by atoms with E-state index in [4.69, 9.17) is 16.3 Å². The van der Waals surface area contributed by atoms with Gasteiger partial charge in [-0.25, -0.2) is 22.0 Å². The molecule has 0 unspecified atom stereocenters. The van der Waals surface area contributed by atoms with Crippen LogP contribution in [0.5, 0.6) is 5.75 Å². The maximum Gasteiger partial charge on any atom is 0.310 e. The van der Waals surface area contributed by atoms with E-state index in [-0.39, 0.29) is 42.6 Å². The van der Waals surface area contributed by atoms with Gasteiger partial charge >= 0.3 is 5.69 Å². The number of hydrogen-bond acceptors (Lipinski definition) is 6. The van der Waals surface area contributed by atoms with Crippen molar-refractivity contribution in [3.63, 3.8) is 0 Å². The highest BCUT2D eigenvalue weighted by Gasteiger charge is 2.31. The first-order chi connectivity index (χ1) is 18.1. The molecular formula is C24H18ClF5N4O4. The van der Waals surface area contributed by atoms with Gasteiger partial charge in [-0.2, -0.15) is 0 Å². The molecule has 3 aromatic carbocycles. The molecule has 0 aromatic heterocycles. The van der Waals surface area contributed by atoms with Crippen molar-refractivity contribution in [1.82, 2.24) is 0 Å². The van der Waals surface area contributed by atoms with E-state index in [1.807, 2.05) is 0 Å². The number of anilines is 3. The number of ether oxygens (including phenoxy) is 1. The summed E-state index contributed by atoms with van der Waals surface area (Å²) in [6, 6.07) is 10.2. The lowest BCUT2D eigenvalue weighted by molar-refractivity contribution is -0.385. The smallest absolute Gasteiger partial charge is 0.310 e. The van der Waals surface area contributed by atoms with Crippen LogP contribution >= 0.6 is 11.6 Å². The van der Waals surface area contributed by atoms with Crippen LogP contribution in [0.1, 0.15) is 0 Å². The molecule has 1 amide bonds. The third-order valence-corrected chi connectivity index (χ3v) is 6.08. The number of nitrogens with one attached hydrogen (secondary N) is 1. The van der Waals surface area contributed by atoms with Gasteiger partial charge < -0.3 is 19.9 Å². The SMILES string of the molecule is O=C(COc1ccccc1[N+](=O)[O-])Nc1ccc(N2CCN(c3c(F)c(F)c(F)c(F)c3F)CC2)c(Cl)c1. The number of carbonyl (C=O) groups excluding carboxylic acids is 1. The molecule has 0 atom stereocenters. The van der Waals surface area contributed by atoms with Crippen LogP contribution in [0, 0.1) is 39.2 Å². The molecule has 0 bridgehead atoms. The lowest BCUT2D eigenvalue weighted by Crippen LogP contribution is -2.47. The lowest BCUT2D eigenvalue weighted by atomic mass is 10.2. The maximum atomic E-state index is 14.2. The number of nitro groups is 1. The summed E-state index contributed by atoms with van der Waals surface area (Å²) in [6.45, 7) is -0.265. The number of piperazine rings is 1. The van der Waals surface area contributed by atoms with Crippen molar-refractivity contribution < 1.29 is 36.4 Å². The number of carbonyl (C=O) groups is 1. The van der Waals surface area contributed by atoms with E-state index < -0.39 is 52.2 Å². The number of nitrogens with zero attached hydrogens (tertiary/aromatic N) is 3. The van der Waals surface area contributed by atoms with E-state index in [0.717, 1.165) is 4.90 Å². The summed E-state index contributed by atoms with van der Waals surface area (Å²) >= 11 is 6.36. The van der Waals surface area contributed by atoms with Gasteiger partial charge in [0.25, 0.3) is 5.91 Å². The minimum Gasteiger partial charge on any atom is -0.477 e. The molecule has 1 fully saturated rings. The molecule has 0 aliphatic carbocycles. The number of amides is 1. The minimum absolute atomic E-state index is 0.0455. The van der Waals surface area contributed by atoms with Crippen LogP contribution in [0.2, 0.25) is 5.02 Å². The van der Waals surface area contributed by atoms with Gasteiger partial charge in [-0.15, -0.1) is 0 Å². The van der Waals surface area contributed by atoms with Gasteiger partial charge in [0.2, 0.25) is 5.82 Å². The highest BCUT2D eigenvalue weighted by Crippen LogP contribution is 2.34. The molecule has 3 aromatic rings. The standard InChI is InChI=1S/C24H18ClF5N4O4/c25-14-11-13(31-18(35)12-38-17-4-2-1-3-16(17)34(36)37)5-6-15(14)32-7-9-33(10-8-32)24-22(29)20(27)19(26)21(28)23(24)30/h1-6,11H,7-10,12H2,(H,31,35). The summed E-state index contributed by atoms with van der Waals surface area (Å²) < 4.78 is 74.1.